The van der Waals surface area contributed by atoms with Crippen molar-refractivity contribution in [3.63, 3.8) is 0 Å². The molecule has 11 nitrogen and oxygen atoms in total. The first kappa shape index (κ1) is 24.5. The molecular weight excluding hydrogens is 484 g/mol. The molecule has 2 N–H and O–H groups in total. The second kappa shape index (κ2) is 10.5. The number of nitrogens with zero attached hydrogens (tertiary/aromatic N) is 6. The van der Waals surface area contributed by atoms with Crippen LogP contribution in [0.1, 0.15) is 24.1 Å². The summed E-state index contributed by atoms with van der Waals surface area (Å²) in [4.78, 5) is 28.4. The Kier molecular flexibility index (Phi) is 6.75. The van der Waals surface area contributed by atoms with Crippen LogP contribution in [0.5, 0.6) is 11.8 Å². The molecule has 0 unspecified atom stereocenters. The predicted molar refractivity (Wildman–Crippen MR) is 145 cm³/mol. The number of aromatic nitrogens is 4. The molecule has 1 atom stereocenters. The Bertz CT molecular complexity index is 1330. The van der Waals surface area contributed by atoms with Gasteiger partial charge in [0, 0.05) is 49.7 Å². The lowest BCUT2D eigenvalue weighted by atomic mass is 10.0. The van der Waals surface area contributed by atoms with Crippen LogP contribution in [0.4, 0.5) is 11.5 Å². The first-order chi connectivity index (χ1) is 18.6. The summed E-state index contributed by atoms with van der Waals surface area (Å²) in [6, 6.07) is 4.70. The van der Waals surface area contributed by atoms with Crippen molar-refractivity contribution in [2.24, 2.45) is 0 Å². The molecule has 2 aromatic heterocycles. The van der Waals surface area contributed by atoms with Crippen molar-refractivity contribution in [2.45, 2.75) is 31.8 Å². The average molecular weight is 519 g/mol. The second-order valence-corrected chi connectivity index (χ2v) is 9.99. The molecular formula is C27H34N8O3. The Morgan fingerprint density at radius 2 is 2.05 bits per heavy atom. The van der Waals surface area contributed by atoms with Crippen molar-refractivity contribution in [3.8, 4) is 11.8 Å². The van der Waals surface area contributed by atoms with Gasteiger partial charge in [-0.1, -0.05) is 6.58 Å². The molecule has 0 bridgehead atoms. The number of methoxy groups -OCH3 is 1. The van der Waals surface area contributed by atoms with Gasteiger partial charge in [-0.2, -0.15) is 15.1 Å². The number of anilines is 2. The Balaban J connectivity index is 1.31. The Hall–Kier alpha value is -3.86. The van der Waals surface area contributed by atoms with Crippen LogP contribution in [0.3, 0.4) is 0 Å². The fourth-order valence-electron chi connectivity index (χ4n) is 5.72. The van der Waals surface area contributed by atoms with Gasteiger partial charge in [-0.25, -0.2) is 0 Å². The third-order valence-electron chi connectivity index (χ3n) is 7.76. The van der Waals surface area contributed by atoms with E-state index in [4.69, 9.17) is 19.4 Å². The lowest BCUT2D eigenvalue weighted by molar-refractivity contribution is -0.126. The van der Waals surface area contributed by atoms with Gasteiger partial charge in [-0.15, -0.1) is 0 Å². The molecule has 2 saturated heterocycles. The smallest absolute Gasteiger partial charge is 0.318 e. The second-order valence-electron chi connectivity index (χ2n) is 9.99. The summed E-state index contributed by atoms with van der Waals surface area (Å²) in [6.45, 7) is 9.29. The van der Waals surface area contributed by atoms with Crippen molar-refractivity contribution in [1.82, 2.24) is 30.4 Å². The van der Waals surface area contributed by atoms with Crippen molar-refractivity contribution in [3.05, 3.63) is 42.2 Å². The summed E-state index contributed by atoms with van der Waals surface area (Å²) in [5.74, 6) is 1.70. The molecule has 0 saturated carbocycles. The molecule has 0 spiro atoms. The number of rotatable bonds is 7. The zero-order chi connectivity index (χ0) is 26.1. The third kappa shape index (κ3) is 4.62. The van der Waals surface area contributed by atoms with Crippen LogP contribution < -0.4 is 24.6 Å². The molecule has 5 heterocycles. The molecule has 3 aromatic rings. The summed E-state index contributed by atoms with van der Waals surface area (Å²) < 4.78 is 11.9. The molecule has 11 heteroatoms. The zero-order valence-corrected chi connectivity index (χ0v) is 21.8. The number of carbonyl (C=O) groups excluding carboxylic acids is 1. The van der Waals surface area contributed by atoms with E-state index in [0.717, 1.165) is 71.8 Å². The molecule has 2 fully saturated rings. The van der Waals surface area contributed by atoms with Crippen molar-refractivity contribution >= 4 is 28.3 Å². The average Bonchev–Trinajstić information content (AvgIpc) is 3.67. The lowest BCUT2D eigenvalue weighted by Crippen LogP contribution is -2.49. The van der Waals surface area contributed by atoms with Gasteiger partial charge in [0.05, 0.1) is 36.7 Å². The quantitative estimate of drug-likeness (QED) is 0.453. The summed E-state index contributed by atoms with van der Waals surface area (Å²) >= 11 is 0. The third-order valence-corrected chi connectivity index (χ3v) is 7.76. The fraction of sp³-hybridized carbons (Fsp3) is 0.481. The van der Waals surface area contributed by atoms with Crippen LogP contribution in [-0.2, 0) is 17.8 Å². The minimum Gasteiger partial charge on any atom is -0.495 e. The molecule has 1 aromatic carbocycles. The number of hydrogen-bond donors (Lipinski definition) is 2. The normalized spacial score (nSPS) is 19.5. The van der Waals surface area contributed by atoms with Crippen LogP contribution in [-0.4, -0.2) is 90.0 Å². The maximum absolute atomic E-state index is 12.1. The van der Waals surface area contributed by atoms with E-state index >= 15 is 0 Å². The van der Waals surface area contributed by atoms with Crippen molar-refractivity contribution < 1.29 is 14.3 Å². The first-order valence-electron chi connectivity index (χ1n) is 13.3. The van der Waals surface area contributed by atoms with Gasteiger partial charge >= 0.3 is 6.01 Å². The summed E-state index contributed by atoms with van der Waals surface area (Å²) in [6.07, 6.45) is 6.28. The van der Waals surface area contributed by atoms with E-state index in [1.165, 1.54) is 6.08 Å². The van der Waals surface area contributed by atoms with Crippen LogP contribution in [0.15, 0.2) is 31.0 Å². The highest BCUT2D eigenvalue weighted by Crippen LogP contribution is 2.39. The number of aromatic amines is 1. The number of carbonyl (C=O) groups is 1. The summed E-state index contributed by atoms with van der Waals surface area (Å²) in [5.41, 5.74) is 4.09. The van der Waals surface area contributed by atoms with E-state index in [-0.39, 0.29) is 5.91 Å². The number of H-pyrrole nitrogens is 1. The van der Waals surface area contributed by atoms with Crippen LogP contribution in [0.2, 0.25) is 0 Å². The van der Waals surface area contributed by atoms with E-state index in [1.54, 1.807) is 7.11 Å². The van der Waals surface area contributed by atoms with Gasteiger partial charge in [-0.05, 0) is 44.0 Å². The topological polar surface area (TPSA) is 112 Å². The summed E-state index contributed by atoms with van der Waals surface area (Å²) in [5, 5.41) is 11.8. The SMILES string of the molecule is C=CC(=O)N1CCN(c2nc(OC[C@@H]3CCCN3)nc3c2CCN(c2c(OC)ccc4[nH]ncc24)C3)CC1. The molecule has 0 aliphatic carbocycles. The number of hydrogen-bond acceptors (Lipinski definition) is 9. The highest BCUT2D eigenvalue weighted by molar-refractivity contribution is 5.95. The maximum Gasteiger partial charge on any atom is 0.318 e. The van der Waals surface area contributed by atoms with Crippen molar-refractivity contribution in [1.29, 1.82) is 0 Å². The minimum absolute atomic E-state index is 0.0273. The number of fused-ring (bicyclic) bond motifs is 2. The van der Waals surface area contributed by atoms with E-state index in [1.807, 2.05) is 23.2 Å². The van der Waals surface area contributed by atoms with Crippen LogP contribution >= 0.6 is 0 Å². The molecule has 6 rings (SSSR count). The molecule has 3 aliphatic heterocycles. The van der Waals surface area contributed by atoms with E-state index < -0.39 is 0 Å². The fourth-order valence-corrected chi connectivity index (χ4v) is 5.72. The molecule has 1 amide bonds. The standard InChI is InChI=1S/C27H34N8O3/c1-3-24(36)33-11-13-34(14-12-33)26-19-8-10-35(25-20-15-29-32-21(20)6-7-23(25)37-2)16-22(19)30-27(31-26)38-17-18-5-4-9-28-18/h3,6-7,15,18,28H,1,4-5,8-14,16-17H2,2H3,(H,29,32)/t18-/m0/s1. The van der Waals surface area contributed by atoms with Gasteiger partial charge in [0.15, 0.2) is 0 Å². The summed E-state index contributed by atoms with van der Waals surface area (Å²) in [7, 11) is 1.70. The number of nitrogens with one attached hydrogen (secondary N) is 2. The zero-order valence-electron chi connectivity index (χ0n) is 21.8. The molecule has 38 heavy (non-hydrogen) atoms. The van der Waals surface area contributed by atoms with Gasteiger partial charge in [0.2, 0.25) is 5.91 Å². The van der Waals surface area contributed by atoms with Gasteiger partial charge in [0.1, 0.15) is 18.2 Å². The number of benzene rings is 1. The highest BCUT2D eigenvalue weighted by atomic mass is 16.5. The Labute approximate surface area is 221 Å². The monoisotopic (exact) mass is 518 g/mol. The van der Waals surface area contributed by atoms with E-state index in [2.05, 4.69) is 31.9 Å². The first-order valence-corrected chi connectivity index (χ1v) is 13.3. The van der Waals surface area contributed by atoms with Gasteiger partial charge in [-0.3, -0.25) is 9.89 Å². The minimum atomic E-state index is -0.0273. The lowest BCUT2D eigenvalue weighted by Gasteiger charge is -2.38. The van der Waals surface area contributed by atoms with Crippen molar-refractivity contribution in [2.75, 3.05) is 62.8 Å². The number of amides is 1. The predicted octanol–water partition coefficient (Wildman–Crippen LogP) is 1.89. The van der Waals surface area contributed by atoms with E-state index in [9.17, 15) is 4.79 Å². The number of piperazine rings is 1. The maximum atomic E-state index is 12.1. The molecule has 200 valence electrons. The van der Waals surface area contributed by atoms with Crippen LogP contribution in [0, 0.1) is 0 Å². The largest absolute Gasteiger partial charge is 0.495 e. The highest BCUT2D eigenvalue weighted by Gasteiger charge is 2.30. The Morgan fingerprint density at radius 1 is 1.18 bits per heavy atom. The Morgan fingerprint density at radius 3 is 2.82 bits per heavy atom. The van der Waals surface area contributed by atoms with Crippen LogP contribution in [0.25, 0.3) is 10.9 Å². The van der Waals surface area contributed by atoms with E-state index in [0.29, 0.717) is 51.4 Å². The van der Waals surface area contributed by atoms with Gasteiger partial charge in [0.25, 0.3) is 0 Å². The van der Waals surface area contributed by atoms with Gasteiger partial charge < -0.3 is 29.5 Å². The molecule has 3 aliphatic rings. The number of ether oxygens (including phenoxy) is 2. The molecule has 0 radical (unpaired) electrons.